The number of nitrogens with zero attached hydrogens (tertiary/aromatic N) is 2. The van der Waals surface area contributed by atoms with E-state index in [2.05, 4.69) is 5.32 Å². The van der Waals surface area contributed by atoms with E-state index in [1.54, 1.807) is 18.2 Å². The first-order chi connectivity index (χ1) is 15.4. The van der Waals surface area contributed by atoms with Gasteiger partial charge in [-0.05, 0) is 36.0 Å². The van der Waals surface area contributed by atoms with Gasteiger partial charge in [-0.3, -0.25) is 33.8 Å². The number of rotatable bonds is 6. The van der Waals surface area contributed by atoms with Crippen LogP contribution in [0.15, 0.2) is 53.4 Å². The van der Waals surface area contributed by atoms with Crippen LogP contribution in [0.1, 0.15) is 26.3 Å². The van der Waals surface area contributed by atoms with Gasteiger partial charge in [0, 0.05) is 18.7 Å². The minimum absolute atomic E-state index is 0.0625. The molecule has 0 bridgehead atoms. The lowest BCUT2D eigenvalue weighted by Crippen LogP contribution is -2.43. The SMILES string of the molecule is O=C(CN1C(=O)c2ccccc2C1=O)NCCN1C(=O)S/C(=C\c2ccccc2F)C1=O. The zero-order valence-electron chi connectivity index (χ0n) is 16.5. The Labute approximate surface area is 186 Å². The molecule has 0 radical (unpaired) electrons. The number of fused-ring (bicyclic) bond motifs is 1. The second-order valence-corrected chi connectivity index (χ2v) is 7.94. The molecule has 1 fully saturated rings. The molecule has 0 saturated carbocycles. The predicted octanol–water partition coefficient (Wildman–Crippen LogP) is 2.27. The zero-order valence-corrected chi connectivity index (χ0v) is 17.4. The summed E-state index contributed by atoms with van der Waals surface area (Å²) in [4.78, 5) is 63.4. The summed E-state index contributed by atoms with van der Waals surface area (Å²) in [5.41, 5.74) is 0.668. The van der Waals surface area contributed by atoms with Crippen LogP contribution in [0.3, 0.4) is 0 Å². The summed E-state index contributed by atoms with van der Waals surface area (Å²) in [7, 11) is 0. The molecule has 2 aromatic rings. The summed E-state index contributed by atoms with van der Waals surface area (Å²) in [6, 6.07) is 12.2. The lowest BCUT2D eigenvalue weighted by molar-refractivity contribution is -0.124. The van der Waals surface area contributed by atoms with Crippen molar-refractivity contribution >= 4 is 46.7 Å². The second-order valence-electron chi connectivity index (χ2n) is 6.95. The molecule has 0 aliphatic carbocycles. The van der Waals surface area contributed by atoms with Crippen molar-refractivity contribution in [3.63, 3.8) is 0 Å². The smallest absolute Gasteiger partial charge is 0.293 e. The number of carbonyl (C=O) groups excluding carboxylic acids is 5. The lowest BCUT2D eigenvalue weighted by atomic mass is 10.1. The number of halogens is 1. The van der Waals surface area contributed by atoms with Gasteiger partial charge in [0.25, 0.3) is 23.0 Å². The molecule has 5 amide bonds. The van der Waals surface area contributed by atoms with Gasteiger partial charge in [-0.2, -0.15) is 0 Å². The van der Waals surface area contributed by atoms with Crippen LogP contribution in [0.5, 0.6) is 0 Å². The molecule has 2 heterocycles. The minimum Gasteiger partial charge on any atom is -0.353 e. The monoisotopic (exact) mass is 453 g/mol. The van der Waals surface area contributed by atoms with E-state index in [4.69, 9.17) is 0 Å². The fraction of sp³-hybridized carbons (Fsp3) is 0.136. The highest BCUT2D eigenvalue weighted by Crippen LogP contribution is 2.32. The largest absolute Gasteiger partial charge is 0.353 e. The molecule has 10 heteroatoms. The van der Waals surface area contributed by atoms with E-state index in [-0.39, 0.29) is 34.7 Å². The van der Waals surface area contributed by atoms with Gasteiger partial charge in [-0.25, -0.2) is 4.39 Å². The van der Waals surface area contributed by atoms with Crippen molar-refractivity contribution in [2.45, 2.75) is 0 Å². The standard InChI is InChI=1S/C22H16FN3O5S/c23-16-8-4-1-5-13(16)11-17-21(30)25(22(31)32-17)10-9-24-18(27)12-26-19(28)14-6-2-3-7-15(14)20(26)29/h1-8,11H,9-10,12H2,(H,24,27)/b17-11-. The Morgan fingerprint density at radius 1 is 0.906 bits per heavy atom. The van der Waals surface area contributed by atoms with E-state index in [1.165, 1.54) is 36.4 Å². The van der Waals surface area contributed by atoms with E-state index >= 15 is 0 Å². The number of amides is 5. The molecule has 32 heavy (non-hydrogen) atoms. The number of hydrogen-bond donors (Lipinski definition) is 1. The Hall–Kier alpha value is -3.79. The van der Waals surface area contributed by atoms with Crippen LogP contribution in [0, 0.1) is 5.82 Å². The number of hydrogen-bond acceptors (Lipinski definition) is 6. The lowest BCUT2D eigenvalue weighted by Gasteiger charge is -2.15. The first kappa shape index (κ1) is 21.4. The van der Waals surface area contributed by atoms with E-state index < -0.39 is 41.2 Å². The maximum absolute atomic E-state index is 13.8. The Bertz CT molecular complexity index is 1160. The first-order valence-corrected chi connectivity index (χ1v) is 10.4. The fourth-order valence-corrected chi connectivity index (χ4v) is 4.17. The number of carbonyl (C=O) groups is 5. The Morgan fingerprint density at radius 3 is 2.19 bits per heavy atom. The Balaban J connectivity index is 1.32. The highest BCUT2D eigenvalue weighted by atomic mass is 32.2. The van der Waals surface area contributed by atoms with Crippen molar-refractivity contribution in [1.82, 2.24) is 15.1 Å². The van der Waals surface area contributed by atoms with Crippen molar-refractivity contribution in [2.24, 2.45) is 0 Å². The summed E-state index contributed by atoms with van der Waals surface area (Å²) in [5, 5.41) is 1.96. The molecular weight excluding hydrogens is 437 g/mol. The molecule has 162 valence electrons. The highest BCUT2D eigenvalue weighted by Gasteiger charge is 2.37. The second kappa shape index (κ2) is 8.75. The minimum atomic E-state index is -0.603. The van der Waals surface area contributed by atoms with Gasteiger partial charge in [0.05, 0.1) is 16.0 Å². The molecule has 1 saturated heterocycles. The third-order valence-electron chi connectivity index (χ3n) is 4.90. The molecule has 0 spiro atoms. The van der Waals surface area contributed by atoms with Gasteiger partial charge in [0.15, 0.2) is 0 Å². The number of thioether (sulfide) groups is 1. The van der Waals surface area contributed by atoms with Crippen LogP contribution in [-0.2, 0) is 9.59 Å². The number of nitrogens with one attached hydrogen (secondary N) is 1. The van der Waals surface area contributed by atoms with Gasteiger partial charge in [-0.1, -0.05) is 30.3 Å². The maximum atomic E-state index is 13.8. The molecule has 0 unspecified atom stereocenters. The summed E-state index contributed by atoms with van der Waals surface area (Å²) >= 11 is 0.685. The molecule has 0 aromatic heterocycles. The summed E-state index contributed by atoms with van der Waals surface area (Å²) in [6.07, 6.45) is 1.31. The molecular formula is C22H16FN3O5S. The van der Waals surface area contributed by atoms with Gasteiger partial charge in [0.1, 0.15) is 12.4 Å². The molecule has 2 aromatic carbocycles. The zero-order chi connectivity index (χ0) is 22.8. The number of benzene rings is 2. The molecule has 1 N–H and O–H groups in total. The molecule has 4 rings (SSSR count). The van der Waals surface area contributed by atoms with Crippen LogP contribution in [0.25, 0.3) is 6.08 Å². The van der Waals surface area contributed by atoms with Gasteiger partial charge < -0.3 is 5.32 Å². The average Bonchev–Trinajstić information content (AvgIpc) is 3.18. The molecule has 2 aliphatic rings. The third-order valence-corrected chi connectivity index (χ3v) is 5.81. The Kier molecular flexibility index (Phi) is 5.87. The van der Waals surface area contributed by atoms with Crippen LogP contribution in [0.2, 0.25) is 0 Å². The van der Waals surface area contributed by atoms with Crippen molar-refractivity contribution in [3.05, 3.63) is 75.9 Å². The van der Waals surface area contributed by atoms with E-state index in [1.807, 2.05) is 0 Å². The third kappa shape index (κ3) is 4.04. The Morgan fingerprint density at radius 2 is 1.53 bits per heavy atom. The van der Waals surface area contributed by atoms with Crippen LogP contribution in [0.4, 0.5) is 9.18 Å². The maximum Gasteiger partial charge on any atom is 0.293 e. The van der Waals surface area contributed by atoms with Crippen molar-refractivity contribution in [3.8, 4) is 0 Å². The van der Waals surface area contributed by atoms with Gasteiger partial charge >= 0.3 is 0 Å². The van der Waals surface area contributed by atoms with Crippen molar-refractivity contribution < 1.29 is 28.4 Å². The van der Waals surface area contributed by atoms with Gasteiger partial charge in [-0.15, -0.1) is 0 Å². The summed E-state index contributed by atoms with van der Waals surface area (Å²) < 4.78 is 13.8. The van der Waals surface area contributed by atoms with E-state index in [9.17, 15) is 28.4 Å². The van der Waals surface area contributed by atoms with E-state index in [0.29, 0.717) is 11.8 Å². The van der Waals surface area contributed by atoms with Gasteiger partial charge in [0.2, 0.25) is 5.91 Å². The summed E-state index contributed by atoms with van der Waals surface area (Å²) in [6.45, 7) is -0.637. The van der Waals surface area contributed by atoms with Crippen LogP contribution >= 0.6 is 11.8 Å². The van der Waals surface area contributed by atoms with Crippen molar-refractivity contribution in [1.29, 1.82) is 0 Å². The average molecular weight is 453 g/mol. The quantitative estimate of drug-likeness (QED) is 0.532. The molecule has 8 nitrogen and oxygen atoms in total. The fourth-order valence-electron chi connectivity index (χ4n) is 3.32. The van der Waals surface area contributed by atoms with Crippen molar-refractivity contribution in [2.75, 3.05) is 19.6 Å². The first-order valence-electron chi connectivity index (χ1n) is 9.58. The predicted molar refractivity (Wildman–Crippen MR) is 114 cm³/mol. The van der Waals surface area contributed by atoms with Crippen LogP contribution < -0.4 is 5.32 Å². The topological polar surface area (TPSA) is 104 Å². The molecule has 0 atom stereocenters. The number of imide groups is 2. The highest BCUT2D eigenvalue weighted by molar-refractivity contribution is 8.18. The molecule has 2 aliphatic heterocycles. The van der Waals surface area contributed by atoms with E-state index in [0.717, 1.165) is 9.80 Å². The normalized spacial score (nSPS) is 16.8. The summed E-state index contributed by atoms with van der Waals surface area (Å²) in [5.74, 6) is -2.80. The van der Waals surface area contributed by atoms with Crippen LogP contribution in [-0.4, -0.2) is 58.3 Å².